The highest BCUT2D eigenvalue weighted by atomic mass is 35.5. The molecule has 0 aliphatic heterocycles. The Morgan fingerprint density at radius 2 is 2.08 bits per heavy atom. The van der Waals surface area contributed by atoms with E-state index in [1.54, 1.807) is 6.92 Å². The molecule has 6 heteroatoms. The van der Waals surface area contributed by atoms with Crippen LogP contribution in [0.5, 0.6) is 0 Å². The summed E-state index contributed by atoms with van der Waals surface area (Å²) in [6.07, 6.45) is 0. The van der Waals surface area contributed by atoms with Gasteiger partial charge in [-0.3, -0.25) is 0 Å². The van der Waals surface area contributed by atoms with E-state index in [0.717, 1.165) is 0 Å². The molecule has 0 amide bonds. The van der Waals surface area contributed by atoms with Crippen LogP contribution in [0.4, 0.5) is 0 Å². The van der Waals surface area contributed by atoms with Gasteiger partial charge in [0.25, 0.3) is 0 Å². The fourth-order valence-electron chi connectivity index (χ4n) is 0.953. The third kappa shape index (κ3) is 1.11. The Morgan fingerprint density at radius 3 is 2.83 bits per heavy atom. The number of rotatable bonds is 0. The fraction of sp³-hybridized carbons (Fsp3) is 0.167. The molecular weight excluding hydrogens is 196 g/mol. The Kier molecular flexibility index (Phi) is 1.62. The van der Waals surface area contributed by atoms with Crippen molar-refractivity contribution in [3.05, 3.63) is 11.1 Å². The van der Waals surface area contributed by atoms with Gasteiger partial charge in [-0.05, 0) is 18.5 Å². The van der Waals surface area contributed by atoms with Crippen LogP contribution in [0.1, 0.15) is 5.82 Å². The maximum Gasteiger partial charge on any atom is 0.202 e. The number of nitrogens with one attached hydrogen (secondary N) is 1. The van der Waals surface area contributed by atoms with Crippen molar-refractivity contribution in [1.82, 2.24) is 19.9 Å². The van der Waals surface area contributed by atoms with Crippen molar-refractivity contribution in [2.24, 2.45) is 0 Å². The van der Waals surface area contributed by atoms with Gasteiger partial charge in [-0.15, -0.1) is 0 Å². The molecule has 2 aromatic rings. The number of imidazole rings is 1. The van der Waals surface area contributed by atoms with Crippen LogP contribution in [0, 0.1) is 6.92 Å². The Bertz CT molecular complexity index is 438. The minimum Gasteiger partial charge on any atom is -0.313 e. The van der Waals surface area contributed by atoms with Gasteiger partial charge in [0, 0.05) is 0 Å². The molecule has 1 radical (unpaired) electrons. The van der Waals surface area contributed by atoms with Crippen molar-refractivity contribution in [3.8, 4) is 0 Å². The van der Waals surface area contributed by atoms with Crippen molar-refractivity contribution in [3.63, 3.8) is 0 Å². The van der Waals surface area contributed by atoms with Gasteiger partial charge in [0.15, 0.2) is 10.7 Å². The smallest absolute Gasteiger partial charge is 0.202 e. The number of aryl methyl sites for hydroxylation is 1. The number of hydrogen-bond acceptors (Lipinski definition) is 3. The van der Waals surface area contributed by atoms with E-state index in [4.69, 9.17) is 24.2 Å². The molecule has 0 unspecified atom stereocenters. The van der Waals surface area contributed by atoms with E-state index in [2.05, 4.69) is 19.9 Å². The van der Waals surface area contributed by atoms with Crippen LogP contribution in [0.3, 0.4) is 0 Å². The highest BCUT2D eigenvalue weighted by Gasteiger charge is 2.07. The number of halogens is 1. The van der Waals surface area contributed by atoms with Crippen LogP contribution in [0.15, 0.2) is 5.03 Å². The van der Waals surface area contributed by atoms with Crippen LogP contribution < -0.4 is 0 Å². The summed E-state index contributed by atoms with van der Waals surface area (Å²) in [7, 11) is 0. The van der Waals surface area contributed by atoms with Crippen molar-refractivity contribution in [2.75, 3.05) is 0 Å². The number of fused-ring (bicyclic) bond motifs is 1. The quantitative estimate of drug-likeness (QED) is 0.521. The Morgan fingerprint density at radius 1 is 1.33 bits per heavy atom. The molecule has 0 bridgehead atoms. The molecule has 0 spiro atoms. The topological polar surface area (TPSA) is 54.5 Å². The predicted octanol–water partition coefficient (Wildman–Crippen LogP) is 1.87. The first-order valence-electron chi connectivity index (χ1n) is 3.23. The molecule has 0 aliphatic carbocycles. The Hall–Kier alpha value is -0.940. The molecule has 1 N–H and O–H groups in total. The van der Waals surface area contributed by atoms with Crippen LogP contribution >= 0.6 is 24.2 Å². The van der Waals surface area contributed by atoms with Crippen LogP contribution in [-0.4, -0.2) is 19.9 Å². The zero-order chi connectivity index (χ0) is 8.72. The van der Waals surface area contributed by atoms with Crippen molar-refractivity contribution in [2.45, 2.75) is 11.9 Å². The molecule has 4 nitrogen and oxygen atoms in total. The Labute approximate surface area is 78.8 Å². The first-order chi connectivity index (χ1) is 5.66. The molecule has 61 valence electrons. The minimum absolute atomic E-state index is 0.288. The van der Waals surface area contributed by atoms with E-state index in [0.29, 0.717) is 22.0 Å². The summed E-state index contributed by atoms with van der Waals surface area (Å²) in [5.74, 6) is 0.618. The lowest BCUT2D eigenvalue weighted by Crippen LogP contribution is -1.89. The number of H-pyrrole nitrogens is 1. The summed E-state index contributed by atoms with van der Waals surface area (Å²) >= 11 is 10.6. The summed E-state index contributed by atoms with van der Waals surface area (Å²) in [4.78, 5) is 14.8. The molecule has 0 aromatic carbocycles. The lowest BCUT2D eigenvalue weighted by atomic mass is 10.5. The third-order valence-electron chi connectivity index (χ3n) is 1.40. The summed E-state index contributed by atoms with van der Waals surface area (Å²) in [5.41, 5.74) is 1.15. The molecule has 0 fully saturated rings. The second-order valence-electron chi connectivity index (χ2n) is 2.30. The zero-order valence-electron chi connectivity index (χ0n) is 6.13. The first kappa shape index (κ1) is 7.70. The van der Waals surface area contributed by atoms with Gasteiger partial charge in [0.2, 0.25) is 5.28 Å². The summed E-state index contributed by atoms with van der Waals surface area (Å²) in [6, 6.07) is 0. The largest absolute Gasteiger partial charge is 0.313 e. The molecule has 12 heavy (non-hydrogen) atoms. The molecule has 2 rings (SSSR count). The van der Waals surface area contributed by atoms with E-state index in [-0.39, 0.29) is 5.28 Å². The average Bonchev–Trinajstić information content (AvgIpc) is 2.29. The molecular formula is C6H4ClN4S. The standard InChI is InChI=1S/C6H4ClN4S/c1-2-8-4-3(5(12)9-2)10-6(7)11-4/h1H3,(H,8,9,10,11). The molecule has 0 saturated heterocycles. The summed E-state index contributed by atoms with van der Waals surface area (Å²) in [5, 5.41) is 0.719. The van der Waals surface area contributed by atoms with Gasteiger partial charge >= 0.3 is 0 Å². The van der Waals surface area contributed by atoms with Crippen LogP contribution in [0.2, 0.25) is 5.28 Å². The van der Waals surface area contributed by atoms with Crippen molar-refractivity contribution >= 4 is 35.4 Å². The van der Waals surface area contributed by atoms with Gasteiger partial charge in [-0.2, -0.15) is 0 Å². The van der Waals surface area contributed by atoms with Gasteiger partial charge in [0.1, 0.15) is 11.3 Å². The Balaban J connectivity index is 2.88. The molecule has 0 aliphatic rings. The van der Waals surface area contributed by atoms with Crippen molar-refractivity contribution < 1.29 is 0 Å². The monoisotopic (exact) mass is 199 g/mol. The number of hydrogen-bond donors (Lipinski definition) is 1. The van der Waals surface area contributed by atoms with Gasteiger partial charge in [0.05, 0.1) is 0 Å². The van der Waals surface area contributed by atoms with Gasteiger partial charge in [-0.1, -0.05) is 12.6 Å². The molecule has 0 atom stereocenters. The van der Waals surface area contributed by atoms with Gasteiger partial charge < -0.3 is 4.98 Å². The fourth-order valence-corrected chi connectivity index (χ4v) is 1.40. The lowest BCUT2D eigenvalue weighted by Gasteiger charge is -1.92. The number of nitrogens with zero attached hydrogens (tertiary/aromatic N) is 3. The van der Waals surface area contributed by atoms with E-state index in [9.17, 15) is 0 Å². The van der Waals surface area contributed by atoms with E-state index in [1.165, 1.54) is 0 Å². The maximum absolute atomic E-state index is 5.63. The number of aromatic amines is 1. The van der Waals surface area contributed by atoms with Crippen molar-refractivity contribution in [1.29, 1.82) is 0 Å². The average molecular weight is 200 g/mol. The molecule has 2 heterocycles. The van der Waals surface area contributed by atoms with E-state index >= 15 is 0 Å². The van der Waals surface area contributed by atoms with E-state index < -0.39 is 0 Å². The molecule has 2 aromatic heterocycles. The number of aromatic nitrogens is 4. The van der Waals surface area contributed by atoms with Crippen LogP contribution in [-0.2, 0) is 0 Å². The van der Waals surface area contributed by atoms with Gasteiger partial charge in [-0.25, -0.2) is 15.0 Å². The van der Waals surface area contributed by atoms with E-state index in [1.807, 2.05) is 0 Å². The summed E-state index contributed by atoms with van der Waals surface area (Å²) < 4.78 is 0. The normalized spacial score (nSPS) is 10.8. The second kappa shape index (κ2) is 2.53. The highest BCUT2D eigenvalue weighted by Crippen LogP contribution is 2.17. The van der Waals surface area contributed by atoms with Crippen LogP contribution in [0.25, 0.3) is 11.2 Å². The third-order valence-corrected chi connectivity index (χ3v) is 1.86. The summed E-state index contributed by atoms with van der Waals surface area (Å²) in [6.45, 7) is 1.77. The minimum atomic E-state index is 0.288. The lowest BCUT2D eigenvalue weighted by molar-refractivity contribution is 1.00. The zero-order valence-corrected chi connectivity index (χ0v) is 7.70. The first-order valence-corrected chi connectivity index (χ1v) is 4.02. The SMILES string of the molecule is Cc1nc([S])c2nc(Cl)[nH]c2n1. The molecule has 0 saturated carbocycles. The second-order valence-corrected chi connectivity index (χ2v) is 3.05. The highest BCUT2D eigenvalue weighted by molar-refractivity contribution is 7.80. The maximum atomic E-state index is 5.63. The predicted molar refractivity (Wildman–Crippen MR) is 47.3 cm³/mol.